The third-order valence-corrected chi connectivity index (χ3v) is 4.57. The van der Waals surface area contributed by atoms with Crippen molar-refractivity contribution in [3.8, 4) is 0 Å². The minimum absolute atomic E-state index is 0.0602. The van der Waals surface area contributed by atoms with Crippen LogP contribution in [0.5, 0.6) is 0 Å². The van der Waals surface area contributed by atoms with Gasteiger partial charge in [0.25, 0.3) is 0 Å². The van der Waals surface area contributed by atoms with Crippen molar-refractivity contribution in [2.24, 2.45) is 0 Å². The molecular formula is C17H19N3O2S. The summed E-state index contributed by atoms with van der Waals surface area (Å²) in [6.45, 7) is 1.51. The highest BCUT2D eigenvalue weighted by Crippen LogP contribution is 2.22. The normalized spacial score (nSPS) is 11.3. The molecule has 1 amide bonds. The van der Waals surface area contributed by atoms with Crippen molar-refractivity contribution in [1.82, 2.24) is 14.8 Å². The van der Waals surface area contributed by atoms with E-state index in [0.29, 0.717) is 19.6 Å². The molecule has 0 saturated carbocycles. The zero-order valence-electron chi connectivity index (χ0n) is 13.2. The first-order valence-corrected chi connectivity index (χ1v) is 8.23. The molecule has 6 heteroatoms. The van der Waals surface area contributed by atoms with Crippen molar-refractivity contribution in [2.45, 2.75) is 13.1 Å². The predicted molar refractivity (Wildman–Crippen MR) is 91.1 cm³/mol. The van der Waals surface area contributed by atoms with Crippen LogP contribution in [0.15, 0.2) is 47.1 Å². The number of aromatic nitrogens is 1. The predicted octanol–water partition coefficient (Wildman–Crippen LogP) is 2.98. The van der Waals surface area contributed by atoms with E-state index in [1.807, 2.05) is 42.3 Å². The molecule has 0 bridgehead atoms. The lowest BCUT2D eigenvalue weighted by Crippen LogP contribution is -2.35. The molecule has 0 saturated heterocycles. The molecule has 0 spiro atoms. The van der Waals surface area contributed by atoms with Crippen LogP contribution in [-0.4, -0.2) is 41.3 Å². The highest BCUT2D eigenvalue weighted by molar-refractivity contribution is 7.18. The highest BCUT2D eigenvalue weighted by Gasteiger charge is 2.14. The van der Waals surface area contributed by atoms with Crippen molar-refractivity contribution in [3.05, 3.63) is 53.4 Å². The van der Waals surface area contributed by atoms with Crippen molar-refractivity contribution in [1.29, 1.82) is 0 Å². The van der Waals surface area contributed by atoms with Gasteiger partial charge in [0.1, 0.15) is 10.8 Å². The topological polar surface area (TPSA) is 49.6 Å². The van der Waals surface area contributed by atoms with E-state index in [1.165, 1.54) is 4.70 Å². The Hall–Kier alpha value is -2.18. The molecule has 0 aliphatic carbocycles. The second-order valence-electron chi connectivity index (χ2n) is 5.58. The standard InChI is InChI=1S/C17H19N3O2S/c1-19(11-16-18-14-7-3-4-8-15(14)23-16)12-17(21)20(2)10-13-6-5-9-22-13/h3-9H,10-12H2,1-2H3. The third-order valence-electron chi connectivity index (χ3n) is 3.55. The summed E-state index contributed by atoms with van der Waals surface area (Å²) in [5, 5.41) is 1.02. The van der Waals surface area contributed by atoms with E-state index in [0.717, 1.165) is 16.3 Å². The van der Waals surface area contributed by atoms with Gasteiger partial charge in [0.05, 0.1) is 36.1 Å². The second-order valence-corrected chi connectivity index (χ2v) is 6.69. The molecule has 0 N–H and O–H groups in total. The molecule has 5 nitrogen and oxygen atoms in total. The molecule has 0 radical (unpaired) electrons. The van der Waals surface area contributed by atoms with Crippen LogP contribution in [0.1, 0.15) is 10.8 Å². The van der Waals surface area contributed by atoms with Crippen LogP contribution in [0.25, 0.3) is 10.2 Å². The number of carbonyl (C=O) groups is 1. The Kier molecular flexibility index (Phi) is 4.73. The monoisotopic (exact) mass is 329 g/mol. The number of nitrogens with zero attached hydrogens (tertiary/aromatic N) is 3. The van der Waals surface area contributed by atoms with Crippen molar-refractivity contribution in [3.63, 3.8) is 0 Å². The molecule has 120 valence electrons. The molecular weight excluding hydrogens is 310 g/mol. The minimum Gasteiger partial charge on any atom is -0.467 e. The second kappa shape index (κ2) is 6.93. The Labute approximate surface area is 139 Å². The number of fused-ring (bicyclic) bond motifs is 1. The highest BCUT2D eigenvalue weighted by atomic mass is 32.1. The number of hydrogen-bond acceptors (Lipinski definition) is 5. The molecule has 23 heavy (non-hydrogen) atoms. The van der Waals surface area contributed by atoms with Crippen molar-refractivity contribution < 1.29 is 9.21 Å². The molecule has 0 aliphatic rings. The molecule has 0 unspecified atom stereocenters. The summed E-state index contributed by atoms with van der Waals surface area (Å²) < 4.78 is 6.45. The SMILES string of the molecule is CN(CC(=O)N(C)Cc1ccco1)Cc1nc2ccccc2s1. The summed E-state index contributed by atoms with van der Waals surface area (Å²) in [5.41, 5.74) is 1.02. The van der Waals surface area contributed by atoms with Crippen molar-refractivity contribution in [2.75, 3.05) is 20.6 Å². The van der Waals surface area contributed by atoms with E-state index in [1.54, 1.807) is 29.5 Å². The van der Waals surface area contributed by atoms with Gasteiger partial charge in [-0.05, 0) is 31.3 Å². The summed E-state index contributed by atoms with van der Waals surface area (Å²) in [7, 11) is 3.72. The van der Waals surface area contributed by atoms with Gasteiger partial charge >= 0.3 is 0 Å². The number of rotatable bonds is 6. The molecule has 2 heterocycles. The van der Waals surface area contributed by atoms with Crippen LogP contribution < -0.4 is 0 Å². The van der Waals surface area contributed by atoms with Crippen LogP contribution in [0.2, 0.25) is 0 Å². The minimum atomic E-state index is 0.0602. The van der Waals surface area contributed by atoms with Crippen LogP contribution in [0, 0.1) is 0 Å². The lowest BCUT2D eigenvalue weighted by atomic mass is 10.3. The van der Waals surface area contributed by atoms with Gasteiger partial charge in [0, 0.05) is 7.05 Å². The fourth-order valence-corrected chi connectivity index (χ4v) is 3.40. The largest absolute Gasteiger partial charge is 0.467 e. The average Bonchev–Trinajstić information content (AvgIpc) is 3.15. The number of amides is 1. The lowest BCUT2D eigenvalue weighted by Gasteiger charge is -2.20. The molecule has 3 rings (SSSR count). The summed E-state index contributed by atoms with van der Waals surface area (Å²) in [5.74, 6) is 0.847. The van der Waals surface area contributed by atoms with Gasteiger partial charge in [-0.2, -0.15) is 0 Å². The number of thiazole rings is 1. The van der Waals surface area contributed by atoms with Gasteiger partial charge in [-0.3, -0.25) is 9.69 Å². The Balaban J connectivity index is 1.55. The van der Waals surface area contributed by atoms with Gasteiger partial charge in [0.2, 0.25) is 5.91 Å². The van der Waals surface area contributed by atoms with Crippen LogP contribution in [0.4, 0.5) is 0 Å². The zero-order valence-corrected chi connectivity index (χ0v) is 14.0. The van der Waals surface area contributed by atoms with E-state index >= 15 is 0 Å². The zero-order chi connectivity index (χ0) is 16.2. The molecule has 3 aromatic rings. The average molecular weight is 329 g/mol. The first-order chi connectivity index (χ1) is 11.1. The fraction of sp³-hybridized carbons (Fsp3) is 0.294. The Morgan fingerprint density at radius 1 is 1.17 bits per heavy atom. The first-order valence-electron chi connectivity index (χ1n) is 7.41. The molecule has 0 fully saturated rings. The molecule has 0 atom stereocenters. The van der Waals surface area contributed by atoms with Gasteiger partial charge in [-0.15, -0.1) is 11.3 Å². The summed E-state index contributed by atoms with van der Waals surface area (Å²) >= 11 is 1.67. The number of carbonyl (C=O) groups excluding carboxylic acids is 1. The van der Waals surface area contributed by atoms with Gasteiger partial charge < -0.3 is 9.32 Å². The summed E-state index contributed by atoms with van der Waals surface area (Å²) in [6.07, 6.45) is 1.62. The van der Waals surface area contributed by atoms with Gasteiger partial charge in [-0.1, -0.05) is 12.1 Å². The number of furan rings is 1. The quantitative estimate of drug-likeness (QED) is 0.697. The van der Waals surface area contributed by atoms with Crippen LogP contribution in [-0.2, 0) is 17.9 Å². The lowest BCUT2D eigenvalue weighted by molar-refractivity contribution is -0.131. The van der Waals surface area contributed by atoms with Crippen LogP contribution in [0.3, 0.4) is 0 Å². The van der Waals surface area contributed by atoms with Gasteiger partial charge in [-0.25, -0.2) is 4.98 Å². The maximum absolute atomic E-state index is 12.3. The smallest absolute Gasteiger partial charge is 0.236 e. The number of hydrogen-bond donors (Lipinski definition) is 0. The Morgan fingerprint density at radius 2 is 2.00 bits per heavy atom. The Bertz CT molecular complexity index is 749. The van der Waals surface area contributed by atoms with E-state index in [2.05, 4.69) is 11.1 Å². The Morgan fingerprint density at radius 3 is 2.74 bits per heavy atom. The maximum Gasteiger partial charge on any atom is 0.236 e. The number of para-hydroxylation sites is 1. The molecule has 2 aromatic heterocycles. The fourth-order valence-electron chi connectivity index (χ4n) is 2.35. The van der Waals surface area contributed by atoms with E-state index < -0.39 is 0 Å². The van der Waals surface area contributed by atoms with E-state index in [-0.39, 0.29) is 5.91 Å². The van der Waals surface area contributed by atoms with E-state index in [4.69, 9.17) is 4.42 Å². The number of likely N-dealkylation sites (N-methyl/N-ethyl adjacent to an activating group) is 2. The third kappa shape index (κ3) is 3.97. The van der Waals surface area contributed by atoms with E-state index in [9.17, 15) is 4.79 Å². The maximum atomic E-state index is 12.3. The summed E-state index contributed by atoms with van der Waals surface area (Å²) in [4.78, 5) is 20.5. The molecule has 1 aromatic carbocycles. The van der Waals surface area contributed by atoms with Crippen molar-refractivity contribution >= 4 is 27.5 Å². The van der Waals surface area contributed by atoms with Crippen LogP contribution >= 0.6 is 11.3 Å². The number of benzene rings is 1. The molecule has 0 aliphatic heterocycles. The first kappa shape index (κ1) is 15.7. The van der Waals surface area contributed by atoms with Gasteiger partial charge in [0.15, 0.2) is 0 Å². The summed E-state index contributed by atoms with van der Waals surface area (Å²) in [6, 6.07) is 11.8.